The zero-order valence-electron chi connectivity index (χ0n) is 16.6. The molecule has 0 saturated carbocycles. The molecule has 1 aromatic heterocycles. The van der Waals surface area contributed by atoms with E-state index in [2.05, 4.69) is 37.0 Å². The molecule has 0 unspecified atom stereocenters. The van der Waals surface area contributed by atoms with Gasteiger partial charge in [-0.2, -0.15) is 5.10 Å². The summed E-state index contributed by atoms with van der Waals surface area (Å²) in [6.45, 7) is 1.28. The topological polar surface area (TPSA) is 96.7 Å². The molecule has 31 heavy (non-hydrogen) atoms. The van der Waals surface area contributed by atoms with E-state index in [1.54, 1.807) is 36.4 Å². The number of nitrogens with zero attached hydrogens (tertiary/aromatic N) is 2. The van der Waals surface area contributed by atoms with Crippen molar-refractivity contribution in [3.05, 3.63) is 62.7 Å². The number of para-hydroxylation sites is 1. The normalized spacial score (nSPS) is 10.5. The summed E-state index contributed by atoms with van der Waals surface area (Å²) in [5.74, 6) is -1.73. The second-order valence-electron chi connectivity index (χ2n) is 6.17. The molecule has 0 N–H and O–H groups in total. The molecule has 0 aliphatic rings. The molecule has 0 bridgehead atoms. The molecule has 0 aliphatic heterocycles. The first-order valence-corrected chi connectivity index (χ1v) is 10.4. The van der Waals surface area contributed by atoms with Crippen LogP contribution < -0.4 is 4.74 Å². The summed E-state index contributed by atoms with van der Waals surface area (Å²) >= 11 is 6.73. The van der Waals surface area contributed by atoms with Crippen molar-refractivity contribution in [3.63, 3.8) is 0 Å². The number of rotatable bonds is 5. The fourth-order valence-electron chi connectivity index (χ4n) is 2.89. The second kappa shape index (κ2) is 9.44. The first-order chi connectivity index (χ1) is 14.8. The van der Waals surface area contributed by atoms with Gasteiger partial charge in [-0.3, -0.25) is 4.79 Å². The van der Waals surface area contributed by atoms with E-state index in [1.165, 1.54) is 25.8 Å². The molecule has 0 atom stereocenters. The maximum Gasteiger partial charge on any atom is 0.357 e. The molecule has 0 amide bonds. The summed E-state index contributed by atoms with van der Waals surface area (Å²) in [6.07, 6.45) is 0. The number of aromatic nitrogens is 2. The largest absolute Gasteiger partial charge is 0.465 e. The van der Waals surface area contributed by atoms with Crippen molar-refractivity contribution in [2.24, 2.45) is 0 Å². The van der Waals surface area contributed by atoms with Crippen LogP contribution >= 0.6 is 31.9 Å². The van der Waals surface area contributed by atoms with Gasteiger partial charge in [-0.25, -0.2) is 14.3 Å². The Balaban J connectivity index is 2.33. The molecule has 0 spiro atoms. The molecule has 0 fully saturated rings. The number of carbonyl (C=O) groups excluding carboxylic acids is 3. The van der Waals surface area contributed by atoms with Gasteiger partial charge in [0.05, 0.1) is 28.9 Å². The van der Waals surface area contributed by atoms with Gasteiger partial charge in [-0.1, -0.05) is 18.2 Å². The second-order valence-corrected chi connectivity index (χ2v) is 7.87. The third kappa shape index (κ3) is 4.54. The number of hydrogen-bond acceptors (Lipinski definition) is 7. The lowest BCUT2D eigenvalue weighted by atomic mass is 10.1. The molecule has 3 aromatic rings. The van der Waals surface area contributed by atoms with Crippen molar-refractivity contribution >= 4 is 49.8 Å². The van der Waals surface area contributed by atoms with Gasteiger partial charge in [0.25, 0.3) is 0 Å². The first-order valence-electron chi connectivity index (χ1n) is 8.81. The van der Waals surface area contributed by atoms with Crippen LogP contribution in [-0.2, 0) is 14.3 Å². The van der Waals surface area contributed by atoms with Crippen LogP contribution in [0.1, 0.15) is 27.8 Å². The van der Waals surface area contributed by atoms with Crippen LogP contribution in [0.25, 0.3) is 16.9 Å². The maximum absolute atomic E-state index is 12.7. The molecule has 8 nitrogen and oxygen atoms in total. The van der Waals surface area contributed by atoms with E-state index in [9.17, 15) is 14.4 Å². The predicted octanol–water partition coefficient (Wildman–Crippen LogP) is 4.56. The van der Waals surface area contributed by atoms with Crippen LogP contribution in [0.15, 0.2) is 51.4 Å². The van der Waals surface area contributed by atoms with Gasteiger partial charge in [0.2, 0.25) is 0 Å². The summed E-state index contributed by atoms with van der Waals surface area (Å²) in [7, 11) is 2.43. The Hall–Kier alpha value is -2.98. The van der Waals surface area contributed by atoms with Gasteiger partial charge in [0, 0.05) is 12.5 Å². The SMILES string of the molecule is COC(=O)c1c(-c2cc(Br)c(OC(C)=O)c(Br)c2)nn(-c2ccccc2)c1C(=O)OC. The monoisotopic (exact) mass is 550 g/mol. The molecular weight excluding hydrogens is 536 g/mol. The van der Waals surface area contributed by atoms with Gasteiger partial charge in [0.1, 0.15) is 11.3 Å². The van der Waals surface area contributed by atoms with Gasteiger partial charge < -0.3 is 14.2 Å². The standard InChI is InChI=1S/C21H16Br2N2O6/c1-11(26)31-19-14(22)9-12(10-15(19)23)17-16(20(27)29-2)18(21(28)30-3)25(24-17)13-7-5-4-6-8-13/h4-10H,1-3H3. The average molecular weight is 552 g/mol. The lowest BCUT2D eigenvalue weighted by Crippen LogP contribution is -2.15. The highest BCUT2D eigenvalue weighted by Crippen LogP contribution is 2.39. The van der Waals surface area contributed by atoms with E-state index >= 15 is 0 Å². The van der Waals surface area contributed by atoms with Crippen LogP contribution in [0.3, 0.4) is 0 Å². The van der Waals surface area contributed by atoms with Crippen molar-refractivity contribution in [1.29, 1.82) is 0 Å². The van der Waals surface area contributed by atoms with Crippen molar-refractivity contribution in [2.75, 3.05) is 14.2 Å². The summed E-state index contributed by atoms with van der Waals surface area (Å²) in [5, 5.41) is 4.53. The number of benzene rings is 2. The maximum atomic E-state index is 12.7. The molecule has 3 rings (SSSR count). The van der Waals surface area contributed by atoms with E-state index in [4.69, 9.17) is 14.2 Å². The molecule has 0 saturated heterocycles. The third-order valence-corrected chi connectivity index (χ3v) is 5.35. The Kier molecular flexibility index (Phi) is 6.91. The number of hydrogen-bond donors (Lipinski definition) is 0. The zero-order chi connectivity index (χ0) is 22.7. The van der Waals surface area contributed by atoms with Crippen LogP contribution in [0.5, 0.6) is 5.75 Å². The Bertz CT molecular complexity index is 1150. The molecule has 1 heterocycles. The highest BCUT2D eigenvalue weighted by Gasteiger charge is 2.31. The Labute approximate surface area is 194 Å². The minimum absolute atomic E-state index is 0.0581. The van der Waals surface area contributed by atoms with Gasteiger partial charge in [-0.05, 0) is 56.1 Å². The van der Waals surface area contributed by atoms with Crippen molar-refractivity contribution in [2.45, 2.75) is 6.92 Å². The van der Waals surface area contributed by atoms with E-state index in [0.29, 0.717) is 20.2 Å². The number of carbonyl (C=O) groups is 3. The number of ether oxygens (including phenoxy) is 3. The van der Waals surface area contributed by atoms with E-state index in [0.717, 1.165) is 0 Å². The smallest absolute Gasteiger partial charge is 0.357 e. The summed E-state index contributed by atoms with van der Waals surface area (Å²) in [5.41, 5.74) is 1.07. The summed E-state index contributed by atoms with van der Waals surface area (Å²) in [4.78, 5) is 36.7. The fraction of sp³-hybridized carbons (Fsp3) is 0.143. The Morgan fingerprint density at radius 2 is 1.52 bits per heavy atom. The number of esters is 3. The minimum atomic E-state index is -0.756. The highest BCUT2D eigenvalue weighted by molar-refractivity contribution is 9.11. The zero-order valence-corrected chi connectivity index (χ0v) is 19.8. The fourth-order valence-corrected chi connectivity index (χ4v) is 4.24. The van der Waals surface area contributed by atoms with Crippen molar-refractivity contribution in [1.82, 2.24) is 9.78 Å². The molecular formula is C21H16Br2N2O6. The highest BCUT2D eigenvalue weighted by atomic mass is 79.9. The number of halogens is 2. The van der Waals surface area contributed by atoms with Gasteiger partial charge >= 0.3 is 17.9 Å². The van der Waals surface area contributed by atoms with Crippen LogP contribution in [0, 0.1) is 0 Å². The van der Waals surface area contributed by atoms with Crippen molar-refractivity contribution < 1.29 is 28.6 Å². The first kappa shape index (κ1) is 22.7. The minimum Gasteiger partial charge on any atom is -0.465 e. The number of methoxy groups -OCH3 is 2. The van der Waals surface area contributed by atoms with Crippen LogP contribution in [0.4, 0.5) is 0 Å². The lowest BCUT2D eigenvalue weighted by molar-refractivity contribution is -0.132. The third-order valence-electron chi connectivity index (χ3n) is 4.17. The van der Waals surface area contributed by atoms with E-state index < -0.39 is 17.9 Å². The average Bonchev–Trinajstić information content (AvgIpc) is 3.16. The Morgan fingerprint density at radius 1 is 0.935 bits per heavy atom. The predicted molar refractivity (Wildman–Crippen MR) is 118 cm³/mol. The van der Waals surface area contributed by atoms with E-state index in [1.807, 2.05) is 6.07 Å². The Morgan fingerprint density at radius 3 is 2.03 bits per heavy atom. The van der Waals surface area contributed by atoms with Crippen molar-refractivity contribution in [3.8, 4) is 22.7 Å². The van der Waals surface area contributed by atoms with Gasteiger partial charge in [0.15, 0.2) is 11.4 Å². The van der Waals surface area contributed by atoms with Crippen LogP contribution in [0.2, 0.25) is 0 Å². The molecule has 2 aromatic carbocycles. The molecule has 160 valence electrons. The molecule has 10 heteroatoms. The van der Waals surface area contributed by atoms with Gasteiger partial charge in [-0.15, -0.1) is 0 Å². The summed E-state index contributed by atoms with van der Waals surface area (Å²) < 4.78 is 17.2. The lowest BCUT2D eigenvalue weighted by Gasteiger charge is -2.09. The van der Waals surface area contributed by atoms with Crippen LogP contribution in [-0.4, -0.2) is 41.9 Å². The summed E-state index contributed by atoms with van der Waals surface area (Å²) in [6, 6.07) is 12.1. The quantitative estimate of drug-likeness (QED) is 0.338. The molecule has 0 radical (unpaired) electrons. The molecule has 0 aliphatic carbocycles. The van der Waals surface area contributed by atoms with E-state index in [-0.39, 0.29) is 22.7 Å².